The molecule has 0 aliphatic rings. The van der Waals surface area contributed by atoms with Gasteiger partial charge in [0.25, 0.3) is 0 Å². The molecule has 0 aromatic carbocycles. The van der Waals surface area contributed by atoms with E-state index in [4.69, 9.17) is 5.11 Å². The van der Waals surface area contributed by atoms with Gasteiger partial charge in [0.1, 0.15) is 0 Å². The first-order valence-electron chi connectivity index (χ1n) is 6.12. The van der Waals surface area contributed by atoms with Crippen LogP contribution in [0, 0.1) is 0 Å². The maximum Gasteiger partial charge on any atom is 0.0614 e. The summed E-state index contributed by atoms with van der Waals surface area (Å²) in [6.45, 7) is 6.71. The first-order valence-corrected chi connectivity index (χ1v) is 6.12. The highest BCUT2D eigenvalue weighted by Gasteiger charge is 1.91. The first kappa shape index (κ1) is 14.4. The molecule has 0 aromatic heterocycles. The summed E-state index contributed by atoms with van der Waals surface area (Å²) in [5, 5.41) is 8.70. The van der Waals surface area contributed by atoms with Gasteiger partial charge < -0.3 is 5.11 Å². The standard InChI is InChI=1S/C14H26O/c1-4-5-6-8-13(2)9-7-10-14(3)11-12-15/h9,11,15H,4-8,10,12H2,1-3H3/b13-9+,14-11+. The van der Waals surface area contributed by atoms with Gasteiger partial charge in [-0.05, 0) is 39.5 Å². The van der Waals surface area contributed by atoms with E-state index < -0.39 is 0 Å². The maximum atomic E-state index is 8.70. The van der Waals surface area contributed by atoms with Crippen molar-refractivity contribution >= 4 is 0 Å². The van der Waals surface area contributed by atoms with Crippen molar-refractivity contribution in [2.24, 2.45) is 0 Å². The van der Waals surface area contributed by atoms with Gasteiger partial charge in [0.15, 0.2) is 0 Å². The van der Waals surface area contributed by atoms with Crippen molar-refractivity contribution in [3.05, 3.63) is 23.3 Å². The summed E-state index contributed by atoms with van der Waals surface area (Å²) in [6.07, 6.45) is 11.6. The molecule has 0 fully saturated rings. The number of allylic oxidation sites excluding steroid dienone is 3. The van der Waals surface area contributed by atoms with Gasteiger partial charge in [-0.1, -0.05) is 43.1 Å². The van der Waals surface area contributed by atoms with Crippen molar-refractivity contribution in [1.29, 1.82) is 0 Å². The van der Waals surface area contributed by atoms with E-state index in [9.17, 15) is 0 Å². The molecule has 88 valence electrons. The minimum atomic E-state index is 0.172. The smallest absolute Gasteiger partial charge is 0.0614 e. The van der Waals surface area contributed by atoms with Crippen LogP contribution in [0.4, 0.5) is 0 Å². The number of rotatable bonds is 8. The second kappa shape index (κ2) is 9.97. The molecule has 0 radical (unpaired) electrons. The Hall–Kier alpha value is -0.560. The largest absolute Gasteiger partial charge is 0.392 e. The van der Waals surface area contributed by atoms with E-state index in [2.05, 4.69) is 26.8 Å². The van der Waals surface area contributed by atoms with Crippen molar-refractivity contribution in [3.63, 3.8) is 0 Å². The quantitative estimate of drug-likeness (QED) is 0.469. The van der Waals surface area contributed by atoms with Crippen LogP contribution in [0.1, 0.15) is 59.3 Å². The summed E-state index contributed by atoms with van der Waals surface area (Å²) in [5.41, 5.74) is 2.80. The Morgan fingerprint density at radius 1 is 1.00 bits per heavy atom. The van der Waals surface area contributed by atoms with Crippen LogP contribution in [0.25, 0.3) is 0 Å². The minimum Gasteiger partial charge on any atom is -0.392 e. The monoisotopic (exact) mass is 210 g/mol. The average molecular weight is 210 g/mol. The Balaban J connectivity index is 3.62. The Kier molecular flexibility index (Phi) is 9.60. The second-order valence-corrected chi connectivity index (χ2v) is 4.28. The van der Waals surface area contributed by atoms with Crippen LogP contribution < -0.4 is 0 Å². The van der Waals surface area contributed by atoms with E-state index in [1.165, 1.54) is 36.8 Å². The fourth-order valence-electron chi connectivity index (χ4n) is 1.56. The summed E-state index contributed by atoms with van der Waals surface area (Å²) >= 11 is 0. The van der Waals surface area contributed by atoms with Crippen molar-refractivity contribution in [2.45, 2.75) is 59.3 Å². The molecule has 0 amide bonds. The molecule has 0 aromatic rings. The van der Waals surface area contributed by atoms with Crippen LogP contribution in [0.2, 0.25) is 0 Å². The van der Waals surface area contributed by atoms with Crippen LogP contribution in [0.15, 0.2) is 23.3 Å². The average Bonchev–Trinajstić information content (AvgIpc) is 2.18. The summed E-state index contributed by atoms with van der Waals surface area (Å²) in [4.78, 5) is 0. The molecular weight excluding hydrogens is 184 g/mol. The zero-order chi connectivity index (χ0) is 11.5. The molecule has 0 aliphatic heterocycles. The molecule has 0 atom stereocenters. The lowest BCUT2D eigenvalue weighted by molar-refractivity contribution is 0.341. The zero-order valence-electron chi connectivity index (χ0n) is 10.6. The first-order chi connectivity index (χ1) is 7.20. The van der Waals surface area contributed by atoms with Crippen molar-refractivity contribution in [1.82, 2.24) is 0 Å². The fourth-order valence-corrected chi connectivity index (χ4v) is 1.56. The van der Waals surface area contributed by atoms with E-state index >= 15 is 0 Å². The van der Waals surface area contributed by atoms with Gasteiger partial charge >= 0.3 is 0 Å². The molecule has 15 heavy (non-hydrogen) atoms. The molecule has 0 saturated heterocycles. The molecule has 1 nitrogen and oxygen atoms in total. The predicted molar refractivity (Wildman–Crippen MR) is 68.0 cm³/mol. The van der Waals surface area contributed by atoms with Gasteiger partial charge in [-0.25, -0.2) is 0 Å². The number of hydrogen-bond acceptors (Lipinski definition) is 1. The summed E-state index contributed by atoms with van der Waals surface area (Å²) in [7, 11) is 0. The van der Waals surface area contributed by atoms with Crippen molar-refractivity contribution in [3.8, 4) is 0 Å². The number of aliphatic hydroxyl groups excluding tert-OH is 1. The van der Waals surface area contributed by atoms with E-state index in [0.29, 0.717) is 0 Å². The third-order valence-electron chi connectivity index (χ3n) is 2.65. The molecule has 0 heterocycles. The van der Waals surface area contributed by atoms with E-state index in [0.717, 1.165) is 12.8 Å². The lowest BCUT2D eigenvalue weighted by atomic mass is 10.1. The van der Waals surface area contributed by atoms with Crippen molar-refractivity contribution in [2.75, 3.05) is 6.61 Å². The molecule has 0 rings (SSSR count). The Morgan fingerprint density at radius 2 is 1.67 bits per heavy atom. The summed E-state index contributed by atoms with van der Waals surface area (Å²) in [6, 6.07) is 0. The third-order valence-corrected chi connectivity index (χ3v) is 2.65. The maximum absolute atomic E-state index is 8.70. The Bertz CT molecular complexity index is 201. The van der Waals surface area contributed by atoms with Crippen LogP contribution >= 0.6 is 0 Å². The molecule has 1 heteroatoms. The third kappa shape index (κ3) is 9.74. The lowest BCUT2D eigenvalue weighted by Crippen LogP contribution is -1.83. The molecule has 1 N–H and O–H groups in total. The molecule has 0 saturated carbocycles. The topological polar surface area (TPSA) is 20.2 Å². The minimum absolute atomic E-state index is 0.172. The highest BCUT2D eigenvalue weighted by atomic mass is 16.2. The highest BCUT2D eigenvalue weighted by molar-refractivity contribution is 5.03. The molecule has 0 spiro atoms. The molecule has 0 bridgehead atoms. The zero-order valence-corrected chi connectivity index (χ0v) is 10.6. The van der Waals surface area contributed by atoms with Crippen molar-refractivity contribution < 1.29 is 5.11 Å². The molecule has 0 unspecified atom stereocenters. The summed E-state index contributed by atoms with van der Waals surface area (Å²) < 4.78 is 0. The van der Waals surface area contributed by atoms with Gasteiger partial charge in [-0.3, -0.25) is 0 Å². The second-order valence-electron chi connectivity index (χ2n) is 4.28. The van der Waals surface area contributed by atoms with E-state index in [1.54, 1.807) is 0 Å². The van der Waals surface area contributed by atoms with Gasteiger partial charge in [0.05, 0.1) is 6.61 Å². The van der Waals surface area contributed by atoms with E-state index in [-0.39, 0.29) is 6.61 Å². The summed E-state index contributed by atoms with van der Waals surface area (Å²) in [5.74, 6) is 0. The van der Waals surface area contributed by atoms with E-state index in [1.807, 2.05) is 6.08 Å². The van der Waals surface area contributed by atoms with Crippen LogP contribution in [-0.4, -0.2) is 11.7 Å². The van der Waals surface area contributed by atoms with Crippen LogP contribution in [0.5, 0.6) is 0 Å². The number of aliphatic hydroxyl groups is 1. The van der Waals surface area contributed by atoms with Crippen LogP contribution in [-0.2, 0) is 0 Å². The molecular formula is C14H26O. The van der Waals surface area contributed by atoms with Gasteiger partial charge in [-0.15, -0.1) is 0 Å². The van der Waals surface area contributed by atoms with Gasteiger partial charge in [0, 0.05) is 0 Å². The predicted octanol–water partition coefficient (Wildman–Crippen LogP) is 4.23. The Labute approximate surface area is 94.9 Å². The van der Waals surface area contributed by atoms with Crippen LogP contribution in [0.3, 0.4) is 0 Å². The number of hydrogen-bond donors (Lipinski definition) is 1. The van der Waals surface area contributed by atoms with Gasteiger partial charge in [-0.2, -0.15) is 0 Å². The molecule has 0 aliphatic carbocycles. The SMILES string of the molecule is CCCCC/C(C)=C/CC/C(C)=C/CO. The fraction of sp³-hybridized carbons (Fsp3) is 0.714. The normalized spacial score (nSPS) is 13.3. The van der Waals surface area contributed by atoms with Gasteiger partial charge in [0.2, 0.25) is 0 Å². The number of unbranched alkanes of at least 4 members (excludes halogenated alkanes) is 2. The Morgan fingerprint density at radius 3 is 2.27 bits per heavy atom. The highest BCUT2D eigenvalue weighted by Crippen LogP contribution is 2.11. The lowest BCUT2D eigenvalue weighted by Gasteiger charge is -2.01.